The lowest BCUT2D eigenvalue weighted by Crippen LogP contribution is -2.34. The molecule has 0 saturated carbocycles. The van der Waals surface area contributed by atoms with Crippen molar-refractivity contribution in [2.24, 2.45) is 0 Å². The van der Waals surface area contributed by atoms with Gasteiger partial charge in [-0.05, 0) is 47.9 Å². The first-order valence-electron chi connectivity index (χ1n) is 6.51. The van der Waals surface area contributed by atoms with Crippen molar-refractivity contribution in [3.05, 3.63) is 22.9 Å². The summed E-state index contributed by atoms with van der Waals surface area (Å²) in [6.45, 7) is 4.33. The molecule has 6 nitrogen and oxygen atoms in total. The highest BCUT2D eigenvalue weighted by molar-refractivity contribution is 9.10. The summed E-state index contributed by atoms with van der Waals surface area (Å²) in [6.07, 6.45) is 4.94. The van der Waals surface area contributed by atoms with Crippen LogP contribution in [0.3, 0.4) is 0 Å². The van der Waals surface area contributed by atoms with E-state index < -0.39 is 10.2 Å². The monoisotopic (exact) mass is 364 g/mol. The summed E-state index contributed by atoms with van der Waals surface area (Å²) in [7, 11) is -1.96. The van der Waals surface area contributed by atoms with E-state index in [1.54, 1.807) is 19.3 Å². The Kier molecular flexibility index (Phi) is 7.42. The summed E-state index contributed by atoms with van der Waals surface area (Å²) >= 11 is 3.26. The molecular formula is C12H21BrN4O2S. The molecule has 2 N–H and O–H groups in total. The van der Waals surface area contributed by atoms with Crippen molar-refractivity contribution in [1.82, 2.24) is 14.6 Å². The Morgan fingerprint density at radius 2 is 2.15 bits per heavy atom. The first-order valence-corrected chi connectivity index (χ1v) is 8.75. The Bertz CT molecular complexity index is 510. The Labute approximate surface area is 129 Å². The lowest BCUT2D eigenvalue weighted by Gasteiger charge is -2.18. The molecule has 0 unspecified atom stereocenters. The van der Waals surface area contributed by atoms with E-state index in [2.05, 4.69) is 37.9 Å². The van der Waals surface area contributed by atoms with Crippen molar-refractivity contribution in [2.75, 3.05) is 31.4 Å². The second-order valence-corrected chi connectivity index (χ2v) is 7.02. The maximum absolute atomic E-state index is 12.1. The molecule has 1 aromatic heterocycles. The van der Waals surface area contributed by atoms with Gasteiger partial charge in [0.2, 0.25) is 0 Å². The maximum atomic E-state index is 12.1. The Morgan fingerprint density at radius 3 is 2.80 bits per heavy atom. The summed E-state index contributed by atoms with van der Waals surface area (Å²) < 4.78 is 28.7. The smallest absolute Gasteiger partial charge is 0.301 e. The second kappa shape index (κ2) is 8.56. The molecule has 20 heavy (non-hydrogen) atoms. The fraction of sp³-hybridized carbons (Fsp3) is 0.583. The average molecular weight is 365 g/mol. The van der Waals surface area contributed by atoms with Crippen LogP contribution in [0, 0.1) is 0 Å². The predicted octanol–water partition coefficient (Wildman–Crippen LogP) is 1.82. The van der Waals surface area contributed by atoms with Crippen LogP contribution in [0.2, 0.25) is 0 Å². The minimum absolute atomic E-state index is 0.467. The van der Waals surface area contributed by atoms with Gasteiger partial charge in [-0.15, -0.1) is 0 Å². The van der Waals surface area contributed by atoms with E-state index in [0.29, 0.717) is 16.7 Å². The van der Waals surface area contributed by atoms with Gasteiger partial charge in [-0.2, -0.15) is 12.7 Å². The zero-order valence-electron chi connectivity index (χ0n) is 11.8. The number of hydrogen-bond acceptors (Lipinski definition) is 4. The summed E-state index contributed by atoms with van der Waals surface area (Å²) in [6, 6.07) is 1.61. The standard InChI is InChI=1S/C12H21BrN4O2S/c1-3-6-14-7-4-9-17(2)20(18,19)16-12-5-8-15-10-11(12)13/h5,8,10,14H,3-4,6-7,9H2,1-2H3,(H,15,16). The minimum Gasteiger partial charge on any atom is -0.317 e. The third kappa shape index (κ3) is 5.74. The molecule has 8 heteroatoms. The Hall–Kier alpha value is -0.700. The van der Waals surface area contributed by atoms with Gasteiger partial charge in [0.1, 0.15) is 0 Å². The third-order valence-corrected chi connectivity index (χ3v) is 4.79. The maximum Gasteiger partial charge on any atom is 0.301 e. The zero-order chi connectivity index (χ0) is 15.0. The van der Waals surface area contributed by atoms with E-state index in [1.165, 1.54) is 10.5 Å². The van der Waals surface area contributed by atoms with Crippen LogP contribution in [0.5, 0.6) is 0 Å². The van der Waals surface area contributed by atoms with Crippen molar-refractivity contribution in [3.63, 3.8) is 0 Å². The quantitative estimate of drug-likeness (QED) is 0.655. The minimum atomic E-state index is -3.53. The summed E-state index contributed by atoms with van der Waals surface area (Å²) in [4.78, 5) is 3.89. The van der Waals surface area contributed by atoms with Crippen LogP contribution in [0.25, 0.3) is 0 Å². The molecule has 0 bridgehead atoms. The van der Waals surface area contributed by atoms with Crippen molar-refractivity contribution in [3.8, 4) is 0 Å². The number of nitrogens with one attached hydrogen (secondary N) is 2. The Morgan fingerprint density at radius 1 is 1.40 bits per heavy atom. The van der Waals surface area contributed by atoms with Gasteiger partial charge in [-0.25, -0.2) is 0 Å². The topological polar surface area (TPSA) is 74.3 Å². The predicted molar refractivity (Wildman–Crippen MR) is 84.9 cm³/mol. The molecule has 1 aromatic rings. The van der Waals surface area contributed by atoms with Crippen molar-refractivity contribution in [2.45, 2.75) is 19.8 Å². The number of pyridine rings is 1. The molecule has 0 fully saturated rings. The van der Waals surface area contributed by atoms with Crippen molar-refractivity contribution < 1.29 is 8.42 Å². The number of hydrogen-bond donors (Lipinski definition) is 2. The largest absolute Gasteiger partial charge is 0.317 e. The summed E-state index contributed by atoms with van der Waals surface area (Å²) in [5.41, 5.74) is 0.482. The van der Waals surface area contributed by atoms with Crippen molar-refractivity contribution in [1.29, 1.82) is 0 Å². The molecule has 0 radical (unpaired) electrons. The van der Waals surface area contributed by atoms with E-state index in [9.17, 15) is 8.42 Å². The number of anilines is 1. The van der Waals surface area contributed by atoms with Gasteiger partial charge in [0.05, 0.1) is 10.2 Å². The molecule has 0 amide bonds. The first kappa shape index (κ1) is 17.4. The SMILES string of the molecule is CCCNCCCN(C)S(=O)(=O)Nc1ccncc1Br. The van der Waals surface area contributed by atoms with Gasteiger partial charge in [-0.1, -0.05) is 6.92 Å². The van der Waals surface area contributed by atoms with E-state index in [1.807, 2.05) is 0 Å². The molecule has 0 aliphatic rings. The highest BCUT2D eigenvalue weighted by Crippen LogP contribution is 2.21. The molecule has 0 aliphatic carbocycles. The zero-order valence-corrected chi connectivity index (χ0v) is 14.2. The fourth-order valence-electron chi connectivity index (χ4n) is 1.52. The number of halogens is 1. The average Bonchev–Trinajstić information content (AvgIpc) is 2.40. The van der Waals surface area contributed by atoms with E-state index in [4.69, 9.17) is 0 Å². The second-order valence-electron chi connectivity index (χ2n) is 4.39. The van der Waals surface area contributed by atoms with Crippen LogP contribution < -0.4 is 10.0 Å². The third-order valence-electron chi connectivity index (χ3n) is 2.68. The molecule has 0 aliphatic heterocycles. The number of rotatable bonds is 9. The van der Waals surface area contributed by atoms with Crippen LogP contribution in [0.4, 0.5) is 5.69 Å². The van der Waals surface area contributed by atoms with Gasteiger partial charge in [0.25, 0.3) is 0 Å². The van der Waals surface area contributed by atoms with Gasteiger partial charge < -0.3 is 5.32 Å². The normalized spacial score (nSPS) is 11.8. The van der Waals surface area contributed by atoms with E-state index in [0.717, 1.165) is 25.9 Å². The lowest BCUT2D eigenvalue weighted by molar-refractivity contribution is 0.458. The van der Waals surface area contributed by atoms with E-state index in [-0.39, 0.29) is 0 Å². The molecule has 0 saturated heterocycles. The highest BCUT2D eigenvalue weighted by atomic mass is 79.9. The molecule has 114 valence electrons. The van der Waals surface area contributed by atoms with Crippen LogP contribution in [-0.2, 0) is 10.2 Å². The molecular weight excluding hydrogens is 344 g/mol. The summed E-state index contributed by atoms with van der Waals surface area (Å²) in [5, 5.41) is 3.24. The fourth-order valence-corrected chi connectivity index (χ4v) is 2.99. The lowest BCUT2D eigenvalue weighted by atomic mass is 10.4. The Balaban J connectivity index is 2.49. The number of nitrogens with zero attached hydrogens (tertiary/aromatic N) is 2. The highest BCUT2D eigenvalue weighted by Gasteiger charge is 2.18. The van der Waals surface area contributed by atoms with Crippen LogP contribution in [-0.4, -0.2) is 44.4 Å². The van der Waals surface area contributed by atoms with Gasteiger partial charge in [0, 0.05) is 26.0 Å². The number of aromatic nitrogens is 1. The van der Waals surface area contributed by atoms with Gasteiger partial charge in [-0.3, -0.25) is 9.71 Å². The van der Waals surface area contributed by atoms with Gasteiger partial charge in [0.15, 0.2) is 0 Å². The van der Waals surface area contributed by atoms with Crippen LogP contribution >= 0.6 is 15.9 Å². The van der Waals surface area contributed by atoms with Crippen LogP contribution in [0.1, 0.15) is 19.8 Å². The first-order chi connectivity index (χ1) is 9.47. The van der Waals surface area contributed by atoms with E-state index >= 15 is 0 Å². The summed E-state index contributed by atoms with van der Waals surface area (Å²) in [5.74, 6) is 0. The molecule has 0 aromatic carbocycles. The molecule has 1 heterocycles. The van der Waals surface area contributed by atoms with Crippen LogP contribution in [0.15, 0.2) is 22.9 Å². The molecule has 0 atom stereocenters. The molecule has 1 rings (SSSR count). The van der Waals surface area contributed by atoms with Gasteiger partial charge >= 0.3 is 10.2 Å². The van der Waals surface area contributed by atoms with Crippen molar-refractivity contribution >= 4 is 31.8 Å². The molecule has 0 spiro atoms.